The standard InChI is InChI=1S/C17H18ClN5O2/c18-14-15(24)21-17(25)23(9-12-5-2-1-4-11(12)8-19)16(14)22-7-3-6-13(20)10-22/h1-2,4-5,13H,3,6-7,9-10,20H2,(H,21,24,25). The minimum Gasteiger partial charge on any atom is -0.355 e. The van der Waals surface area contributed by atoms with Crippen LogP contribution in [0.25, 0.3) is 0 Å². The van der Waals surface area contributed by atoms with Crippen LogP contribution in [0.5, 0.6) is 0 Å². The van der Waals surface area contributed by atoms with Crippen LogP contribution in [0.15, 0.2) is 33.9 Å². The van der Waals surface area contributed by atoms with Gasteiger partial charge in [-0.2, -0.15) is 5.26 Å². The second-order valence-electron chi connectivity index (χ2n) is 6.10. The van der Waals surface area contributed by atoms with Crippen molar-refractivity contribution in [3.05, 3.63) is 61.3 Å². The van der Waals surface area contributed by atoms with Gasteiger partial charge in [0, 0.05) is 19.1 Å². The third-order valence-electron chi connectivity index (χ3n) is 4.34. The number of piperidine rings is 1. The van der Waals surface area contributed by atoms with Crippen LogP contribution in [-0.2, 0) is 6.54 Å². The highest BCUT2D eigenvalue weighted by molar-refractivity contribution is 6.32. The van der Waals surface area contributed by atoms with Crippen molar-refractivity contribution >= 4 is 17.4 Å². The van der Waals surface area contributed by atoms with Crippen LogP contribution in [0.1, 0.15) is 24.0 Å². The summed E-state index contributed by atoms with van der Waals surface area (Å²) in [6, 6.07) is 9.08. The van der Waals surface area contributed by atoms with Crippen molar-refractivity contribution in [2.75, 3.05) is 18.0 Å². The first kappa shape index (κ1) is 17.3. The van der Waals surface area contributed by atoms with E-state index in [0.717, 1.165) is 12.8 Å². The van der Waals surface area contributed by atoms with Gasteiger partial charge in [0.2, 0.25) is 0 Å². The molecule has 2 heterocycles. The predicted molar refractivity (Wildman–Crippen MR) is 96.0 cm³/mol. The molecule has 1 aromatic heterocycles. The lowest BCUT2D eigenvalue weighted by Gasteiger charge is -2.34. The molecule has 1 fully saturated rings. The van der Waals surface area contributed by atoms with Crippen molar-refractivity contribution in [3.63, 3.8) is 0 Å². The van der Waals surface area contributed by atoms with E-state index in [1.807, 2.05) is 4.90 Å². The summed E-state index contributed by atoms with van der Waals surface area (Å²) in [5, 5.41) is 9.23. The number of halogens is 1. The van der Waals surface area contributed by atoms with Crippen molar-refractivity contribution in [1.29, 1.82) is 5.26 Å². The van der Waals surface area contributed by atoms with Gasteiger partial charge in [-0.1, -0.05) is 29.8 Å². The van der Waals surface area contributed by atoms with E-state index in [4.69, 9.17) is 17.3 Å². The molecule has 1 atom stereocenters. The maximum atomic E-state index is 12.4. The Bertz CT molecular complexity index is 943. The predicted octanol–water partition coefficient (Wildman–Crippen LogP) is 1.04. The number of hydrogen-bond acceptors (Lipinski definition) is 5. The number of aromatic nitrogens is 2. The van der Waals surface area contributed by atoms with Crippen molar-refractivity contribution in [3.8, 4) is 6.07 Å². The Hall–Kier alpha value is -2.56. The van der Waals surface area contributed by atoms with Gasteiger partial charge in [0.05, 0.1) is 18.2 Å². The Kier molecular flexibility index (Phi) is 4.93. The Balaban J connectivity index is 2.13. The third-order valence-corrected chi connectivity index (χ3v) is 4.68. The van der Waals surface area contributed by atoms with Crippen LogP contribution < -0.4 is 21.9 Å². The summed E-state index contributed by atoms with van der Waals surface area (Å²) in [6.45, 7) is 1.32. The average Bonchev–Trinajstić information content (AvgIpc) is 2.60. The van der Waals surface area contributed by atoms with Gasteiger partial charge >= 0.3 is 5.69 Å². The Morgan fingerprint density at radius 3 is 2.84 bits per heavy atom. The monoisotopic (exact) mass is 359 g/mol. The average molecular weight is 360 g/mol. The lowest BCUT2D eigenvalue weighted by atomic mass is 10.1. The lowest BCUT2D eigenvalue weighted by molar-refractivity contribution is 0.494. The normalized spacial score (nSPS) is 17.3. The Morgan fingerprint density at radius 1 is 1.36 bits per heavy atom. The van der Waals surface area contributed by atoms with Crippen LogP contribution in [0.2, 0.25) is 5.02 Å². The van der Waals surface area contributed by atoms with E-state index in [-0.39, 0.29) is 17.6 Å². The van der Waals surface area contributed by atoms with Crippen LogP contribution in [0.4, 0.5) is 5.82 Å². The fourth-order valence-electron chi connectivity index (χ4n) is 3.13. The molecule has 25 heavy (non-hydrogen) atoms. The number of nitrogens with zero attached hydrogens (tertiary/aromatic N) is 3. The maximum Gasteiger partial charge on any atom is 0.330 e. The van der Waals surface area contributed by atoms with Crippen LogP contribution >= 0.6 is 11.6 Å². The number of nitrogens with two attached hydrogens (primary N) is 1. The van der Waals surface area contributed by atoms with E-state index in [1.54, 1.807) is 24.3 Å². The second-order valence-corrected chi connectivity index (χ2v) is 6.48. The van der Waals surface area contributed by atoms with Crippen molar-refractivity contribution < 1.29 is 0 Å². The van der Waals surface area contributed by atoms with E-state index in [1.165, 1.54) is 4.57 Å². The highest BCUT2D eigenvalue weighted by atomic mass is 35.5. The van der Waals surface area contributed by atoms with Gasteiger partial charge in [0.25, 0.3) is 5.56 Å². The number of benzene rings is 1. The molecular formula is C17H18ClN5O2. The molecule has 0 saturated carbocycles. The maximum absolute atomic E-state index is 12.4. The van der Waals surface area contributed by atoms with Gasteiger partial charge < -0.3 is 10.6 Å². The van der Waals surface area contributed by atoms with E-state index >= 15 is 0 Å². The van der Waals surface area contributed by atoms with Crippen LogP contribution in [0, 0.1) is 11.3 Å². The lowest BCUT2D eigenvalue weighted by Crippen LogP contribution is -2.46. The summed E-state index contributed by atoms with van der Waals surface area (Å²) in [6.07, 6.45) is 1.74. The zero-order valence-corrected chi connectivity index (χ0v) is 14.3. The summed E-state index contributed by atoms with van der Waals surface area (Å²) in [5.41, 5.74) is 6.01. The zero-order chi connectivity index (χ0) is 18.0. The summed E-state index contributed by atoms with van der Waals surface area (Å²) in [7, 11) is 0. The number of anilines is 1. The molecule has 0 radical (unpaired) electrons. The van der Waals surface area contributed by atoms with E-state index in [2.05, 4.69) is 11.1 Å². The smallest absolute Gasteiger partial charge is 0.330 e. The molecule has 0 bridgehead atoms. The first-order valence-corrected chi connectivity index (χ1v) is 8.40. The Labute approximate surface area is 149 Å². The summed E-state index contributed by atoms with van der Waals surface area (Å²) >= 11 is 6.24. The fourth-order valence-corrected chi connectivity index (χ4v) is 3.40. The number of H-pyrrole nitrogens is 1. The molecule has 130 valence electrons. The number of aromatic amines is 1. The minimum absolute atomic E-state index is 0.0388. The number of hydrogen-bond donors (Lipinski definition) is 2. The molecule has 8 heteroatoms. The molecule has 2 aromatic rings. The van der Waals surface area contributed by atoms with Gasteiger partial charge in [0.1, 0.15) is 10.8 Å². The van der Waals surface area contributed by atoms with Crippen molar-refractivity contribution in [1.82, 2.24) is 9.55 Å². The summed E-state index contributed by atoms with van der Waals surface area (Å²) in [5.74, 6) is 0.360. The minimum atomic E-state index is -0.620. The molecule has 1 aliphatic rings. The number of nitrogens with one attached hydrogen (secondary N) is 1. The summed E-state index contributed by atoms with van der Waals surface area (Å²) < 4.78 is 1.40. The van der Waals surface area contributed by atoms with Crippen molar-refractivity contribution in [2.24, 2.45) is 5.73 Å². The van der Waals surface area contributed by atoms with E-state index in [0.29, 0.717) is 30.0 Å². The van der Waals surface area contributed by atoms with E-state index < -0.39 is 11.2 Å². The van der Waals surface area contributed by atoms with Gasteiger partial charge in [-0.15, -0.1) is 0 Å². The highest BCUT2D eigenvalue weighted by Gasteiger charge is 2.24. The summed E-state index contributed by atoms with van der Waals surface area (Å²) in [4.78, 5) is 28.6. The topological polar surface area (TPSA) is 108 Å². The molecule has 0 aliphatic carbocycles. The Morgan fingerprint density at radius 2 is 2.12 bits per heavy atom. The molecule has 3 rings (SSSR count). The SMILES string of the molecule is N#Cc1ccccc1Cn1c(N2CCCC(N)C2)c(Cl)c(=O)[nH]c1=O. The van der Waals surface area contributed by atoms with Crippen LogP contribution in [0.3, 0.4) is 0 Å². The first-order chi connectivity index (χ1) is 12.0. The quantitative estimate of drug-likeness (QED) is 0.851. The van der Waals surface area contributed by atoms with Crippen molar-refractivity contribution in [2.45, 2.75) is 25.4 Å². The molecule has 0 spiro atoms. The molecule has 7 nitrogen and oxygen atoms in total. The van der Waals surface area contributed by atoms with Gasteiger partial charge in [-0.25, -0.2) is 4.79 Å². The zero-order valence-electron chi connectivity index (χ0n) is 13.5. The fraction of sp³-hybridized carbons (Fsp3) is 0.353. The third kappa shape index (κ3) is 3.45. The number of nitriles is 1. The molecule has 1 saturated heterocycles. The molecular weight excluding hydrogens is 342 g/mol. The van der Waals surface area contributed by atoms with E-state index in [9.17, 15) is 14.9 Å². The van der Waals surface area contributed by atoms with Gasteiger partial charge in [0.15, 0.2) is 0 Å². The molecule has 0 amide bonds. The number of rotatable bonds is 3. The largest absolute Gasteiger partial charge is 0.355 e. The second kappa shape index (κ2) is 7.13. The van der Waals surface area contributed by atoms with Crippen LogP contribution in [-0.4, -0.2) is 28.7 Å². The van der Waals surface area contributed by atoms with Gasteiger partial charge in [-0.3, -0.25) is 14.3 Å². The molecule has 3 N–H and O–H groups in total. The molecule has 1 unspecified atom stereocenters. The first-order valence-electron chi connectivity index (χ1n) is 8.02. The molecule has 1 aliphatic heterocycles. The van der Waals surface area contributed by atoms with Gasteiger partial charge in [-0.05, 0) is 24.5 Å². The molecule has 1 aromatic carbocycles. The highest BCUT2D eigenvalue weighted by Crippen LogP contribution is 2.25.